The van der Waals surface area contributed by atoms with Crippen LogP contribution in [0.2, 0.25) is 0 Å². The predicted molar refractivity (Wildman–Crippen MR) is 93.8 cm³/mol. The number of ether oxygens (including phenoxy) is 1. The van der Waals surface area contributed by atoms with Gasteiger partial charge in [-0.2, -0.15) is 15.0 Å². The lowest BCUT2D eigenvalue weighted by molar-refractivity contribution is 0.122. The number of hydrogen-bond donors (Lipinski definition) is 1. The largest absolute Gasteiger partial charge is 0.378 e. The second-order valence-corrected chi connectivity index (χ2v) is 7.74. The van der Waals surface area contributed by atoms with Crippen LogP contribution < -0.4 is 10.2 Å². The average Bonchev–Trinajstić information content (AvgIpc) is 2.51. The van der Waals surface area contributed by atoms with Crippen molar-refractivity contribution >= 4 is 46.7 Å². The number of nitrogens with one attached hydrogen (secondary N) is 1. The van der Waals surface area contributed by atoms with Gasteiger partial charge < -0.3 is 19.9 Å². The molecule has 1 N–H and O–H groups in total. The minimum atomic E-state index is -1.69. The van der Waals surface area contributed by atoms with E-state index in [4.69, 9.17) is 39.5 Å². The molecule has 1 saturated heterocycles. The van der Waals surface area contributed by atoms with Crippen molar-refractivity contribution in [1.82, 2.24) is 19.9 Å². The molecule has 2 rings (SSSR count). The van der Waals surface area contributed by atoms with Gasteiger partial charge in [0.1, 0.15) is 0 Å². The maximum atomic E-state index is 5.94. The van der Waals surface area contributed by atoms with E-state index in [2.05, 4.69) is 25.2 Å². The van der Waals surface area contributed by atoms with Gasteiger partial charge in [0.25, 0.3) is 0 Å². The van der Waals surface area contributed by atoms with E-state index in [0.29, 0.717) is 38.2 Å². The average molecular weight is 384 g/mol. The lowest BCUT2D eigenvalue weighted by atomic mass is 10.4. The highest BCUT2D eigenvalue weighted by atomic mass is 35.6. The fraction of sp³-hybridized carbons (Fsp3) is 0.769. The molecule has 10 heteroatoms. The highest BCUT2D eigenvalue weighted by molar-refractivity contribution is 6.66. The van der Waals surface area contributed by atoms with E-state index in [1.165, 1.54) is 0 Å². The van der Waals surface area contributed by atoms with Crippen LogP contribution in [0.15, 0.2) is 0 Å². The van der Waals surface area contributed by atoms with Crippen LogP contribution in [-0.4, -0.2) is 73.3 Å². The fourth-order valence-corrected chi connectivity index (χ4v) is 2.32. The van der Waals surface area contributed by atoms with E-state index in [-0.39, 0.29) is 5.82 Å². The number of aromatic nitrogens is 3. The van der Waals surface area contributed by atoms with Crippen LogP contribution in [0.1, 0.15) is 12.2 Å². The Kier molecular flexibility index (Phi) is 6.91. The van der Waals surface area contributed by atoms with E-state index in [9.17, 15) is 0 Å². The van der Waals surface area contributed by atoms with Gasteiger partial charge >= 0.3 is 0 Å². The SMILES string of the molecule is CN(C)CCCNc1nc(N2CCOCC2)nc(C(Cl)(Cl)Cl)n1. The van der Waals surface area contributed by atoms with Crippen molar-refractivity contribution in [1.29, 1.82) is 0 Å². The maximum absolute atomic E-state index is 5.94. The number of hydrogen-bond acceptors (Lipinski definition) is 7. The van der Waals surface area contributed by atoms with Crippen molar-refractivity contribution < 1.29 is 4.74 Å². The molecule has 7 nitrogen and oxygen atoms in total. The summed E-state index contributed by atoms with van der Waals surface area (Å²) in [5, 5.41) is 3.17. The summed E-state index contributed by atoms with van der Waals surface area (Å²) < 4.78 is 3.65. The van der Waals surface area contributed by atoms with Gasteiger partial charge in [0.05, 0.1) is 13.2 Å². The number of nitrogens with zero attached hydrogens (tertiary/aromatic N) is 5. The van der Waals surface area contributed by atoms with Crippen molar-refractivity contribution in [3.05, 3.63) is 5.82 Å². The predicted octanol–water partition coefficient (Wildman–Crippen LogP) is 1.90. The Morgan fingerprint density at radius 3 is 2.48 bits per heavy atom. The number of rotatable bonds is 6. The number of alkyl halides is 3. The summed E-state index contributed by atoms with van der Waals surface area (Å²) in [4.78, 5) is 17.0. The van der Waals surface area contributed by atoms with E-state index < -0.39 is 3.79 Å². The monoisotopic (exact) mass is 382 g/mol. The molecule has 1 fully saturated rings. The molecule has 2 heterocycles. The zero-order chi connectivity index (χ0) is 16.9. The van der Waals surface area contributed by atoms with E-state index in [1.807, 2.05) is 19.0 Å². The van der Waals surface area contributed by atoms with Crippen molar-refractivity contribution in [3.63, 3.8) is 0 Å². The quantitative estimate of drug-likeness (QED) is 0.594. The van der Waals surface area contributed by atoms with Gasteiger partial charge in [0.2, 0.25) is 15.7 Å². The highest BCUT2D eigenvalue weighted by Crippen LogP contribution is 2.36. The summed E-state index contributed by atoms with van der Waals surface area (Å²) in [6, 6.07) is 0. The molecule has 0 spiro atoms. The standard InChI is InChI=1S/C13H21Cl3N6O/c1-21(2)5-3-4-17-11-18-10(13(14,15)16)19-12(20-11)22-6-8-23-9-7-22/h3-9H2,1-2H3,(H,17,18,19,20). The van der Waals surface area contributed by atoms with Crippen LogP contribution in [0.25, 0.3) is 0 Å². The zero-order valence-corrected chi connectivity index (χ0v) is 15.5. The molecular formula is C13H21Cl3N6O. The smallest absolute Gasteiger partial charge is 0.250 e. The van der Waals surface area contributed by atoms with Gasteiger partial charge in [-0.15, -0.1) is 0 Å². The van der Waals surface area contributed by atoms with Crippen LogP contribution in [0.3, 0.4) is 0 Å². The zero-order valence-electron chi connectivity index (χ0n) is 13.2. The maximum Gasteiger partial charge on any atom is 0.250 e. The third kappa shape index (κ3) is 6.08. The van der Waals surface area contributed by atoms with Crippen LogP contribution in [0.5, 0.6) is 0 Å². The van der Waals surface area contributed by atoms with Crippen LogP contribution in [0.4, 0.5) is 11.9 Å². The molecule has 0 saturated carbocycles. The molecule has 0 unspecified atom stereocenters. The van der Waals surface area contributed by atoms with Gasteiger partial charge in [0, 0.05) is 19.6 Å². The van der Waals surface area contributed by atoms with Gasteiger partial charge in [-0.3, -0.25) is 0 Å². The summed E-state index contributed by atoms with van der Waals surface area (Å²) in [7, 11) is 4.06. The Bertz CT molecular complexity index is 505. The first kappa shape index (κ1) is 18.7. The lowest BCUT2D eigenvalue weighted by Crippen LogP contribution is -2.38. The van der Waals surface area contributed by atoms with Gasteiger partial charge in [-0.05, 0) is 27.1 Å². The van der Waals surface area contributed by atoms with Crippen LogP contribution in [-0.2, 0) is 8.53 Å². The molecule has 0 bridgehead atoms. The number of morpholine rings is 1. The molecule has 0 amide bonds. The second kappa shape index (κ2) is 8.48. The Hall–Kier alpha value is -0.600. The summed E-state index contributed by atoms with van der Waals surface area (Å²) in [6.07, 6.45) is 0.953. The first-order valence-electron chi connectivity index (χ1n) is 7.41. The second-order valence-electron chi connectivity index (χ2n) is 5.46. The van der Waals surface area contributed by atoms with E-state index in [1.54, 1.807) is 0 Å². The van der Waals surface area contributed by atoms with Gasteiger partial charge in [0.15, 0.2) is 5.82 Å². The van der Waals surface area contributed by atoms with Crippen molar-refractivity contribution in [3.8, 4) is 0 Å². The molecule has 1 aromatic rings. The minimum Gasteiger partial charge on any atom is -0.378 e. The van der Waals surface area contributed by atoms with Crippen molar-refractivity contribution in [2.75, 3.05) is 63.7 Å². The first-order chi connectivity index (χ1) is 10.9. The Morgan fingerprint density at radius 2 is 1.87 bits per heavy atom. The topological polar surface area (TPSA) is 66.4 Å². The molecule has 0 radical (unpaired) electrons. The molecule has 0 atom stereocenters. The molecule has 130 valence electrons. The molecule has 1 aliphatic heterocycles. The van der Waals surface area contributed by atoms with E-state index >= 15 is 0 Å². The molecule has 1 aromatic heterocycles. The summed E-state index contributed by atoms with van der Waals surface area (Å²) in [5.41, 5.74) is 0. The molecule has 1 aliphatic rings. The highest BCUT2D eigenvalue weighted by Gasteiger charge is 2.29. The molecule has 23 heavy (non-hydrogen) atoms. The van der Waals surface area contributed by atoms with Gasteiger partial charge in [-0.1, -0.05) is 34.8 Å². The third-order valence-electron chi connectivity index (χ3n) is 3.24. The summed E-state index contributed by atoms with van der Waals surface area (Å²) in [5.74, 6) is 1.04. The fourth-order valence-electron chi connectivity index (χ4n) is 2.07. The number of halogens is 3. The number of anilines is 2. The van der Waals surface area contributed by atoms with Crippen molar-refractivity contribution in [2.24, 2.45) is 0 Å². The van der Waals surface area contributed by atoms with Crippen LogP contribution >= 0.6 is 34.8 Å². The molecule has 0 aliphatic carbocycles. The third-order valence-corrected chi connectivity index (χ3v) is 3.74. The summed E-state index contributed by atoms with van der Waals surface area (Å²) in [6.45, 7) is 4.34. The lowest BCUT2D eigenvalue weighted by Gasteiger charge is -2.27. The van der Waals surface area contributed by atoms with Crippen LogP contribution in [0, 0.1) is 0 Å². The van der Waals surface area contributed by atoms with E-state index in [0.717, 1.165) is 19.5 Å². The molecule has 0 aromatic carbocycles. The first-order valence-corrected chi connectivity index (χ1v) is 8.54. The Morgan fingerprint density at radius 1 is 1.17 bits per heavy atom. The van der Waals surface area contributed by atoms with Gasteiger partial charge in [-0.25, -0.2) is 0 Å². The molecular weight excluding hydrogens is 363 g/mol. The Balaban J connectivity index is 2.12. The Labute approximate surface area is 151 Å². The summed E-state index contributed by atoms with van der Waals surface area (Å²) >= 11 is 17.8. The minimum absolute atomic E-state index is 0.120. The normalized spacial score (nSPS) is 16.0. The van der Waals surface area contributed by atoms with Crippen molar-refractivity contribution in [2.45, 2.75) is 10.2 Å².